The van der Waals surface area contributed by atoms with Gasteiger partial charge in [-0.3, -0.25) is 10.1 Å². The van der Waals surface area contributed by atoms with E-state index in [-0.39, 0.29) is 17.6 Å². The van der Waals surface area contributed by atoms with Gasteiger partial charge in [-0.1, -0.05) is 30.3 Å². The van der Waals surface area contributed by atoms with Crippen molar-refractivity contribution >= 4 is 52.2 Å². The number of piperazine rings is 1. The zero-order valence-corrected chi connectivity index (χ0v) is 25.9. The molecule has 0 spiro atoms. The Morgan fingerprint density at radius 2 is 1.40 bits per heavy atom. The van der Waals surface area contributed by atoms with E-state index < -0.39 is 6.10 Å². The summed E-state index contributed by atoms with van der Waals surface area (Å²) >= 11 is 5.65. The fourth-order valence-corrected chi connectivity index (χ4v) is 5.32. The van der Waals surface area contributed by atoms with Crippen molar-refractivity contribution < 1.29 is 14.3 Å². The first kappa shape index (κ1) is 29.8. The van der Waals surface area contributed by atoms with Gasteiger partial charge in [0.15, 0.2) is 11.5 Å². The average molecular weight is 623 g/mol. The molecule has 4 aromatic rings. The number of carbonyl (C=O) groups is 1. The van der Waals surface area contributed by atoms with Crippen LogP contribution in [0.5, 0.6) is 11.5 Å². The van der Waals surface area contributed by atoms with Gasteiger partial charge in [-0.15, -0.1) is 0 Å². The highest BCUT2D eigenvalue weighted by Crippen LogP contribution is 2.31. The Morgan fingerprint density at radius 3 is 2.11 bits per heavy atom. The summed E-state index contributed by atoms with van der Waals surface area (Å²) in [5.74, 6) is 2.05. The third kappa shape index (κ3) is 7.65. The lowest BCUT2D eigenvalue weighted by atomic mass is 10.2. The molecule has 0 aliphatic carbocycles. The zero-order valence-electron chi connectivity index (χ0n) is 25.1. The Bertz CT molecular complexity index is 1670. The van der Waals surface area contributed by atoms with E-state index in [1.807, 2.05) is 104 Å². The maximum Gasteiger partial charge on any atom is 0.267 e. The molecule has 1 unspecified atom stereocenters. The third-order valence-electron chi connectivity index (χ3n) is 7.29. The van der Waals surface area contributed by atoms with Gasteiger partial charge in [0.1, 0.15) is 6.61 Å². The predicted octanol–water partition coefficient (Wildman–Crippen LogP) is 4.99. The predicted molar refractivity (Wildman–Crippen MR) is 179 cm³/mol. The molecule has 1 amide bonds. The van der Waals surface area contributed by atoms with E-state index in [0.717, 1.165) is 28.5 Å². The summed E-state index contributed by atoms with van der Waals surface area (Å²) in [6.45, 7) is 6.01. The SMILES string of the molecule is Cc1cc(C)nc(N/C(=N/C(=S)Nc2ccc(Nc3ccccc3)cc2)N2CCN(C(=O)C3COc4ccccc4O3)CC2)n1. The smallest absolute Gasteiger partial charge is 0.267 e. The number of para-hydroxylation sites is 3. The maximum absolute atomic E-state index is 13.3. The van der Waals surface area contributed by atoms with Crippen LogP contribution in [0.3, 0.4) is 0 Å². The summed E-state index contributed by atoms with van der Waals surface area (Å²) in [6.07, 6.45) is -0.688. The van der Waals surface area contributed by atoms with E-state index in [0.29, 0.717) is 49.6 Å². The van der Waals surface area contributed by atoms with E-state index in [9.17, 15) is 4.79 Å². The molecule has 1 aromatic heterocycles. The molecule has 230 valence electrons. The largest absolute Gasteiger partial charge is 0.485 e. The summed E-state index contributed by atoms with van der Waals surface area (Å²) < 4.78 is 11.7. The van der Waals surface area contributed by atoms with Crippen molar-refractivity contribution in [1.29, 1.82) is 0 Å². The Morgan fingerprint density at radius 1 is 0.800 bits per heavy atom. The molecule has 11 nitrogen and oxygen atoms in total. The summed E-state index contributed by atoms with van der Waals surface area (Å²) in [6, 6.07) is 27.1. The monoisotopic (exact) mass is 622 g/mol. The third-order valence-corrected chi connectivity index (χ3v) is 7.48. The average Bonchev–Trinajstić information content (AvgIpc) is 3.05. The summed E-state index contributed by atoms with van der Waals surface area (Å²) in [5, 5.41) is 10.1. The van der Waals surface area contributed by atoms with Crippen LogP contribution < -0.4 is 25.4 Å². The summed E-state index contributed by atoms with van der Waals surface area (Å²) in [5.41, 5.74) is 4.43. The molecule has 3 heterocycles. The van der Waals surface area contributed by atoms with Gasteiger partial charge in [0.05, 0.1) is 0 Å². The second-order valence-electron chi connectivity index (χ2n) is 10.7. The molecule has 1 saturated heterocycles. The number of carbonyl (C=O) groups excluding carboxylic acids is 1. The number of rotatable bonds is 5. The Labute approximate surface area is 267 Å². The van der Waals surface area contributed by atoms with Crippen molar-refractivity contribution in [2.75, 3.05) is 48.7 Å². The number of amides is 1. The van der Waals surface area contributed by atoms with Crippen LogP contribution in [-0.2, 0) is 4.79 Å². The lowest BCUT2D eigenvalue weighted by Crippen LogP contribution is -2.56. The fourth-order valence-electron chi connectivity index (χ4n) is 5.12. The lowest BCUT2D eigenvalue weighted by Gasteiger charge is -2.38. The van der Waals surface area contributed by atoms with Gasteiger partial charge < -0.3 is 29.9 Å². The molecule has 2 aliphatic rings. The van der Waals surface area contributed by atoms with Gasteiger partial charge in [0, 0.05) is 54.6 Å². The minimum atomic E-state index is -0.688. The van der Waals surface area contributed by atoms with Crippen LogP contribution in [0.4, 0.5) is 23.0 Å². The molecule has 3 N–H and O–H groups in total. The van der Waals surface area contributed by atoms with E-state index in [2.05, 4.69) is 25.9 Å². The first-order chi connectivity index (χ1) is 21.9. The van der Waals surface area contributed by atoms with Crippen LogP contribution in [0.15, 0.2) is 89.9 Å². The standard InChI is InChI=1S/C33H34N8O3S/c1-22-20-23(2)35-31(34-22)38-32(39-33(45)37-26-14-12-25(13-15-26)36-24-8-4-3-5-9-24)41-18-16-40(17-19-41)30(42)29-21-43-27-10-6-7-11-28(27)44-29/h3-15,20,29,36H,16-19,21H2,1-2H3,(H2,34,35,37,38,39,45). The van der Waals surface area contributed by atoms with Crippen molar-refractivity contribution in [2.24, 2.45) is 4.99 Å². The molecular formula is C33H34N8O3S. The molecule has 2 aliphatic heterocycles. The minimum absolute atomic E-state index is 0.101. The number of ether oxygens (including phenoxy) is 2. The zero-order chi connectivity index (χ0) is 31.2. The number of guanidine groups is 1. The fraction of sp³-hybridized carbons (Fsp3) is 0.242. The molecule has 0 saturated carbocycles. The number of nitrogens with zero attached hydrogens (tertiary/aromatic N) is 5. The lowest BCUT2D eigenvalue weighted by molar-refractivity contribution is -0.142. The van der Waals surface area contributed by atoms with Gasteiger partial charge in [-0.25, -0.2) is 9.97 Å². The van der Waals surface area contributed by atoms with E-state index in [1.165, 1.54) is 0 Å². The van der Waals surface area contributed by atoms with Crippen LogP contribution >= 0.6 is 12.2 Å². The number of aryl methyl sites for hydroxylation is 2. The van der Waals surface area contributed by atoms with Crippen molar-refractivity contribution in [3.05, 3.63) is 96.3 Å². The first-order valence-electron chi connectivity index (χ1n) is 14.7. The molecule has 3 aromatic carbocycles. The second-order valence-corrected chi connectivity index (χ2v) is 11.1. The van der Waals surface area contributed by atoms with Crippen molar-refractivity contribution in [1.82, 2.24) is 19.8 Å². The highest BCUT2D eigenvalue weighted by molar-refractivity contribution is 7.80. The first-order valence-corrected chi connectivity index (χ1v) is 15.1. The van der Waals surface area contributed by atoms with Gasteiger partial charge in [-0.05, 0) is 80.7 Å². The van der Waals surface area contributed by atoms with Gasteiger partial charge in [0.2, 0.25) is 23.1 Å². The molecule has 1 fully saturated rings. The van der Waals surface area contributed by atoms with Crippen molar-refractivity contribution in [3.63, 3.8) is 0 Å². The Hall–Kier alpha value is -5.23. The molecule has 0 radical (unpaired) electrons. The number of nitrogens with one attached hydrogen (secondary N) is 3. The van der Waals surface area contributed by atoms with Crippen LogP contribution in [-0.4, -0.2) is 75.6 Å². The number of thiocarbonyl (C=S) groups is 1. The number of hydrogen-bond acceptors (Lipinski definition) is 7. The van der Waals surface area contributed by atoms with Crippen LogP contribution in [0.25, 0.3) is 0 Å². The Kier molecular flexibility index (Phi) is 9.01. The molecule has 45 heavy (non-hydrogen) atoms. The number of aliphatic imine (C=N–C) groups is 1. The maximum atomic E-state index is 13.3. The van der Waals surface area contributed by atoms with Crippen LogP contribution in [0.2, 0.25) is 0 Å². The molecule has 12 heteroatoms. The van der Waals surface area contributed by atoms with Crippen LogP contribution in [0, 0.1) is 13.8 Å². The highest BCUT2D eigenvalue weighted by atomic mass is 32.1. The molecule has 6 rings (SSSR count). The van der Waals surface area contributed by atoms with E-state index in [1.54, 1.807) is 4.90 Å². The summed E-state index contributed by atoms with van der Waals surface area (Å²) in [4.78, 5) is 30.9. The normalized spacial score (nSPS) is 16.1. The number of benzene rings is 3. The minimum Gasteiger partial charge on any atom is -0.485 e. The number of aromatic nitrogens is 2. The number of fused-ring (bicyclic) bond motifs is 1. The van der Waals surface area contributed by atoms with Crippen molar-refractivity contribution in [2.45, 2.75) is 20.0 Å². The number of anilines is 4. The van der Waals surface area contributed by atoms with E-state index in [4.69, 9.17) is 26.7 Å². The quantitative estimate of drug-likeness (QED) is 0.160. The Balaban J connectivity index is 1.12. The second kappa shape index (κ2) is 13.6. The number of hydrogen-bond donors (Lipinski definition) is 3. The van der Waals surface area contributed by atoms with Crippen molar-refractivity contribution in [3.8, 4) is 11.5 Å². The topological polar surface area (TPSA) is 116 Å². The van der Waals surface area contributed by atoms with Gasteiger partial charge in [-0.2, -0.15) is 4.99 Å². The highest BCUT2D eigenvalue weighted by Gasteiger charge is 2.33. The molecule has 0 bridgehead atoms. The van der Waals surface area contributed by atoms with E-state index >= 15 is 0 Å². The molecular weight excluding hydrogens is 588 g/mol. The van der Waals surface area contributed by atoms with Gasteiger partial charge in [0.25, 0.3) is 5.91 Å². The van der Waals surface area contributed by atoms with Crippen LogP contribution in [0.1, 0.15) is 11.4 Å². The molecule has 1 atom stereocenters. The van der Waals surface area contributed by atoms with Gasteiger partial charge >= 0.3 is 0 Å². The summed E-state index contributed by atoms with van der Waals surface area (Å²) in [7, 11) is 0.